The molecule has 0 spiro atoms. The summed E-state index contributed by atoms with van der Waals surface area (Å²) in [6.45, 7) is 26.1. The molecule has 0 saturated heterocycles. The van der Waals surface area contributed by atoms with Gasteiger partial charge < -0.3 is 29.6 Å². The number of anilines is 3. The molecule has 9 N–H and O–H groups in total. The highest BCUT2D eigenvalue weighted by molar-refractivity contribution is 7.79. The summed E-state index contributed by atoms with van der Waals surface area (Å²) in [6.07, 6.45) is 5.19. The zero-order chi connectivity index (χ0) is 66.2. The molecule has 0 aromatic heterocycles. The molecule has 0 aliphatic heterocycles. The van der Waals surface area contributed by atoms with Crippen LogP contribution in [0.5, 0.6) is 17.2 Å². The molecule has 0 saturated carbocycles. The Balaban J connectivity index is 0.000000367. The lowest BCUT2D eigenvalue weighted by atomic mass is 9.76. The third-order valence-corrected chi connectivity index (χ3v) is 15.9. The molecule has 0 fully saturated rings. The second-order valence-electron chi connectivity index (χ2n) is 22.1. The van der Waals surface area contributed by atoms with Gasteiger partial charge in [-0.1, -0.05) is 131 Å². The Kier molecular flexibility index (Phi) is 27.5. The lowest BCUT2D eigenvalue weighted by Crippen LogP contribution is -2.41. The van der Waals surface area contributed by atoms with Gasteiger partial charge in [0.15, 0.2) is 19.2 Å². The molecule has 5 rings (SSSR count). The maximum absolute atomic E-state index is 12.4. The SMILES string of the molecule is CCC(C)(C)c1ccc(OCNC(=O)NNc2cc(C#N)c(C#N)cc2Cl)c(C(C)(C)CC)c1.CCC(C)(C)c1ccc(OCNC(=O)NNc2cc(C#N)c(C#N)cc2OS(C)=O)c(C(C)(C)CC)c1.CNC(=O)NNc1cc(C#N)c(C#N)cc1Cl. The highest BCUT2D eigenvalue weighted by atomic mass is 35.5. The standard InChI is InChI=1S/C27H35N5O4S.C26H32ClN5O2.C10H8ClN5O/c1-8-26(3,4)20-10-11-23(21(14-20)27(5,6)9-2)35-17-30-25(33)32-31-22-12-18(15-28)19(16-29)13-24(22)36-37(7)34;1-7-25(3,4)19-9-10-23(20(13-19)26(5,6)8-2)34-16-30-24(33)32-31-22-12-18(15-29)17(14-28)11-21(22)27;1-14-10(17)16-15-9-3-7(5-13)6(4-12)2-8(9)11/h10-14,31H,8-9,17H2,1-7H3,(H2,30,32,33);9-13,31H,7-8,16H2,1-6H3,(H2,30,32,33);2-3,15H,1H3,(H2,14,16,17). The molecule has 0 radical (unpaired) electrons. The number of ether oxygens (including phenoxy) is 2. The van der Waals surface area contributed by atoms with Crippen LogP contribution in [0.4, 0.5) is 31.4 Å². The number of hydrogen-bond acceptors (Lipinski definition) is 16. The molecule has 464 valence electrons. The summed E-state index contributed by atoms with van der Waals surface area (Å²) in [5.41, 5.74) is 21.2. The van der Waals surface area contributed by atoms with Gasteiger partial charge in [0.2, 0.25) is 11.1 Å². The molecule has 1 atom stereocenters. The zero-order valence-electron chi connectivity index (χ0n) is 51.9. The number of hydrazine groups is 3. The smallest absolute Gasteiger partial charge is 0.336 e. The summed E-state index contributed by atoms with van der Waals surface area (Å²) < 4.78 is 28.6. The molecular formula is C63H75Cl2N15O7S. The maximum atomic E-state index is 12.4. The van der Waals surface area contributed by atoms with Crippen molar-refractivity contribution >= 4 is 69.4 Å². The summed E-state index contributed by atoms with van der Waals surface area (Å²) in [5.74, 6) is 1.47. The minimum atomic E-state index is -1.69. The van der Waals surface area contributed by atoms with Gasteiger partial charge in [-0.3, -0.25) is 32.6 Å². The van der Waals surface area contributed by atoms with Gasteiger partial charge in [-0.05, 0) is 101 Å². The van der Waals surface area contributed by atoms with Crippen molar-refractivity contribution in [1.82, 2.24) is 32.2 Å². The van der Waals surface area contributed by atoms with Gasteiger partial charge >= 0.3 is 18.1 Å². The number of nitrogens with zero attached hydrogens (tertiary/aromatic N) is 6. The van der Waals surface area contributed by atoms with Gasteiger partial charge in [-0.25, -0.2) is 18.6 Å². The Morgan fingerprint density at radius 2 is 0.784 bits per heavy atom. The van der Waals surface area contributed by atoms with E-state index in [2.05, 4.69) is 156 Å². The van der Waals surface area contributed by atoms with E-state index in [1.165, 1.54) is 60.8 Å². The van der Waals surface area contributed by atoms with Crippen molar-refractivity contribution in [2.75, 3.05) is 43.0 Å². The van der Waals surface area contributed by atoms with Crippen LogP contribution in [0, 0.1) is 68.0 Å². The van der Waals surface area contributed by atoms with Gasteiger partial charge in [0.1, 0.15) is 47.9 Å². The maximum Gasteiger partial charge on any atom is 0.336 e. The van der Waals surface area contributed by atoms with Crippen LogP contribution in [0.3, 0.4) is 0 Å². The predicted octanol–water partition coefficient (Wildman–Crippen LogP) is 12.6. The van der Waals surface area contributed by atoms with E-state index in [9.17, 15) is 29.1 Å². The molecule has 25 heteroatoms. The molecule has 0 bridgehead atoms. The van der Waals surface area contributed by atoms with Crippen molar-refractivity contribution < 1.29 is 32.2 Å². The van der Waals surface area contributed by atoms with Crippen LogP contribution in [0.25, 0.3) is 0 Å². The molecule has 0 heterocycles. The van der Waals surface area contributed by atoms with E-state index in [4.69, 9.17) is 57.9 Å². The second-order valence-corrected chi connectivity index (χ2v) is 23.9. The molecule has 5 aromatic rings. The minimum absolute atomic E-state index is 0.0324. The fourth-order valence-electron chi connectivity index (χ4n) is 7.65. The van der Waals surface area contributed by atoms with Crippen molar-refractivity contribution in [3.05, 3.63) is 138 Å². The normalized spacial score (nSPS) is 11.1. The van der Waals surface area contributed by atoms with Crippen molar-refractivity contribution in [2.45, 2.75) is 130 Å². The van der Waals surface area contributed by atoms with Gasteiger partial charge in [0.25, 0.3) is 0 Å². The Bertz CT molecular complexity index is 3630. The Morgan fingerprint density at radius 1 is 0.466 bits per heavy atom. The Morgan fingerprint density at radius 3 is 1.11 bits per heavy atom. The Hall–Kier alpha value is -9.62. The van der Waals surface area contributed by atoms with E-state index in [0.29, 0.717) is 17.1 Å². The number of carbonyl (C=O) groups is 3. The molecule has 6 amide bonds. The van der Waals surface area contributed by atoms with Crippen LogP contribution in [-0.2, 0) is 32.7 Å². The molecule has 5 aromatic carbocycles. The van der Waals surface area contributed by atoms with Gasteiger partial charge in [-0.15, -0.1) is 0 Å². The van der Waals surface area contributed by atoms with E-state index >= 15 is 0 Å². The lowest BCUT2D eigenvalue weighted by Gasteiger charge is -2.30. The zero-order valence-corrected chi connectivity index (χ0v) is 54.2. The van der Waals surface area contributed by atoms with E-state index in [-0.39, 0.29) is 90.0 Å². The summed E-state index contributed by atoms with van der Waals surface area (Å²) in [5, 5.41) is 62.3. The number of carbonyl (C=O) groups excluding carboxylic acids is 3. The number of nitrogens with one attached hydrogen (secondary N) is 9. The summed E-state index contributed by atoms with van der Waals surface area (Å²) in [7, 11) is 1.46. The quantitative estimate of drug-likeness (QED) is 0.0230. The van der Waals surface area contributed by atoms with Gasteiger partial charge in [0.05, 0.1) is 60.5 Å². The number of urea groups is 3. The van der Waals surface area contributed by atoms with Crippen LogP contribution in [0.1, 0.15) is 164 Å². The molecule has 22 nitrogen and oxygen atoms in total. The molecule has 0 aliphatic rings. The molecule has 1 unspecified atom stereocenters. The van der Waals surface area contributed by atoms with Crippen LogP contribution in [0.2, 0.25) is 10.0 Å². The first-order valence-corrected chi connectivity index (χ1v) is 29.9. The number of amides is 6. The third-order valence-electron chi connectivity index (χ3n) is 14.9. The average molecular weight is 1260 g/mol. The number of rotatable bonds is 22. The lowest BCUT2D eigenvalue weighted by molar-refractivity contribution is 0.223. The third kappa shape index (κ3) is 20.5. The van der Waals surface area contributed by atoms with Crippen LogP contribution in [0.15, 0.2) is 72.8 Å². The highest BCUT2D eigenvalue weighted by Gasteiger charge is 2.29. The fraction of sp³-hybridized carbons (Fsp3) is 0.381. The Labute approximate surface area is 528 Å². The van der Waals surface area contributed by atoms with E-state index < -0.39 is 29.2 Å². The van der Waals surface area contributed by atoms with Crippen molar-refractivity contribution in [3.8, 4) is 53.7 Å². The fourth-order valence-corrected chi connectivity index (χ4v) is 8.46. The second kappa shape index (κ2) is 33.3. The number of hydrogen-bond donors (Lipinski definition) is 9. The van der Waals surface area contributed by atoms with Crippen molar-refractivity contribution in [1.29, 1.82) is 31.6 Å². The first kappa shape index (κ1) is 72.6. The van der Waals surface area contributed by atoms with Crippen LogP contribution < -0.4 is 62.2 Å². The average Bonchev–Trinajstić information content (AvgIpc) is 2.91. The van der Waals surface area contributed by atoms with E-state index in [1.807, 2.05) is 48.5 Å². The molecule has 88 heavy (non-hydrogen) atoms. The first-order valence-electron chi connectivity index (χ1n) is 27.7. The predicted molar refractivity (Wildman–Crippen MR) is 341 cm³/mol. The van der Waals surface area contributed by atoms with Crippen molar-refractivity contribution in [2.24, 2.45) is 0 Å². The summed E-state index contributed by atoms with van der Waals surface area (Å²) >= 11 is 10.3. The molecule has 0 aliphatic carbocycles. The topological polar surface area (TPSA) is 347 Å². The summed E-state index contributed by atoms with van der Waals surface area (Å²) in [6, 6.07) is 30.3. The first-order chi connectivity index (χ1) is 41.5. The van der Waals surface area contributed by atoms with Crippen LogP contribution in [-0.4, -0.2) is 49.1 Å². The minimum Gasteiger partial charge on any atom is -0.473 e. The number of halogens is 2. The van der Waals surface area contributed by atoms with Gasteiger partial charge in [-0.2, -0.15) is 31.6 Å². The van der Waals surface area contributed by atoms with Crippen molar-refractivity contribution in [3.63, 3.8) is 0 Å². The van der Waals surface area contributed by atoms with Crippen LogP contribution >= 0.6 is 23.2 Å². The van der Waals surface area contributed by atoms with E-state index in [0.717, 1.165) is 42.6 Å². The van der Waals surface area contributed by atoms with E-state index in [1.54, 1.807) is 0 Å². The number of benzene rings is 5. The summed E-state index contributed by atoms with van der Waals surface area (Å²) in [4.78, 5) is 35.6. The largest absolute Gasteiger partial charge is 0.473 e. The highest BCUT2D eigenvalue weighted by Crippen LogP contribution is 2.40. The van der Waals surface area contributed by atoms with Gasteiger partial charge in [0, 0.05) is 30.5 Å². The number of nitriles is 6. The monoisotopic (exact) mass is 1260 g/mol. The molecular weight excluding hydrogens is 1180 g/mol.